The molecule has 2 aromatic heterocycles. The van der Waals surface area contributed by atoms with Gasteiger partial charge in [-0.3, -0.25) is 9.69 Å². The summed E-state index contributed by atoms with van der Waals surface area (Å²) in [6, 6.07) is 0.958. The van der Waals surface area contributed by atoms with Crippen LogP contribution < -0.4 is 5.32 Å². The monoisotopic (exact) mass is 410 g/mol. The predicted octanol–water partition coefficient (Wildman–Crippen LogP) is 3.71. The third-order valence-electron chi connectivity index (χ3n) is 7.97. The smallest absolute Gasteiger partial charge is 0.231 e. The Labute approximate surface area is 178 Å². The van der Waals surface area contributed by atoms with E-state index in [4.69, 9.17) is 0 Å². The number of hydrogen-bond acceptors (Lipinski definition) is 5. The molecule has 0 saturated heterocycles. The van der Waals surface area contributed by atoms with Crippen LogP contribution in [0, 0.1) is 23.2 Å². The standard InChI is InChI=1S/C23H34N6O/c1-14(2)28(15(3)4)5-6-29-21-19(12-26-29)20(24-13-25-21)27-22(30)23-9-16-7-17(10-23)18(8-16)11-23/h12-18H,5-11H2,1-4H3,(H,24,25,27,30)/t16?,17-,18?,23?/m0/s1. The van der Waals surface area contributed by atoms with Gasteiger partial charge in [0.1, 0.15) is 12.1 Å². The predicted molar refractivity (Wildman–Crippen MR) is 117 cm³/mol. The Kier molecular flexibility index (Phi) is 4.84. The summed E-state index contributed by atoms with van der Waals surface area (Å²) >= 11 is 0. The number of carbonyl (C=O) groups is 1. The molecule has 6 rings (SSSR count). The summed E-state index contributed by atoms with van der Waals surface area (Å²) < 4.78 is 1.93. The van der Waals surface area contributed by atoms with E-state index in [2.05, 4.69) is 53.0 Å². The Hall–Kier alpha value is -2.02. The second-order valence-corrected chi connectivity index (χ2v) is 10.5. The molecule has 4 bridgehead atoms. The maximum atomic E-state index is 13.3. The number of nitrogens with zero attached hydrogens (tertiary/aromatic N) is 5. The van der Waals surface area contributed by atoms with Crippen molar-refractivity contribution >= 4 is 22.8 Å². The van der Waals surface area contributed by atoms with Gasteiger partial charge in [0, 0.05) is 18.6 Å². The van der Waals surface area contributed by atoms with Gasteiger partial charge in [-0.05, 0) is 77.6 Å². The van der Waals surface area contributed by atoms with Gasteiger partial charge in [0.15, 0.2) is 5.65 Å². The Morgan fingerprint density at radius 1 is 1.17 bits per heavy atom. The molecule has 0 spiro atoms. The van der Waals surface area contributed by atoms with Gasteiger partial charge in [-0.15, -0.1) is 0 Å². The number of aromatic nitrogens is 4. The molecule has 1 amide bonds. The zero-order valence-corrected chi connectivity index (χ0v) is 18.6. The van der Waals surface area contributed by atoms with Crippen molar-refractivity contribution in [2.45, 2.75) is 78.4 Å². The highest BCUT2D eigenvalue weighted by molar-refractivity contribution is 6.01. The summed E-state index contributed by atoms with van der Waals surface area (Å²) in [6.07, 6.45) is 9.21. The summed E-state index contributed by atoms with van der Waals surface area (Å²) in [5, 5.41) is 8.57. The summed E-state index contributed by atoms with van der Waals surface area (Å²) in [4.78, 5) is 24.7. The minimum Gasteiger partial charge on any atom is -0.309 e. The third-order valence-corrected chi connectivity index (χ3v) is 7.97. The molecule has 4 atom stereocenters. The van der Waals surface area contributed by atoms with Crippen molar-refractivity contribution in [1.82, 2.24) is 24.6 Å². The first kappa shape index (κ1) is 19.9. The SMILES string of the molecule is CC(C)N(CCn1ncc2c(NC(=O)C34CC5CC(C3)[C@@H](C5)C4)ncnc21)C(C)C. The van der Waals surface area contributed by atoms with Crippen LogP contribution in [-0.2, 0) is 11.3 Å². The van der Waals surface area contributed by atoms with Crippen molar-refractivity contribution in [2.75, 3.05) is 11.9 Å². The highest BCUT2D eigenvalue weighted by Gasteiger charge is 2.59. The molecule has 2 aromatic rings. The topological polar surface area (TPSA) is 75.9 Å². The maximum absolute atomic E-state index is 13.3. The Balaban J connectivity index is 1.33. The number of anilines is 1. The zero-order valence-electron chi connectivity index (χ0n) is 18.6. The number of amides is 1. The van der Waals surface area contributed by atoms with Crippen LogP contribution >= 0.6 is 0 Å². The van der Waals surface area contributed by atoms with Crippen LogP contribution in [-0.4, -0.2) is 49.2 Å². The van der Waals surface area contributed by atoms with E-state index in [9.17, 15) is 4.79 Å². The number of carbonyl (C=O) groups excluding carboxylic acids is 1. The van der Waals surface area contributed by atoms with Gasteiger partial charge in [-0.1, -0.05) is 0 Å². The first-order chi connectivity index (χ1) is 14.4. The summed E-state index contributed by atoms with van der Waals surface area (Å²) in [5.74, 6) is 3.07. The van der Waals surface area contributed by atoms with E-state index < -0.39 is 0 Å². The lowest BCUT2D eigenvalue weighted by molar-refractivity contribution is -0.128. The lowest BCUT2D eigenvalue weighted by atomic mass is 9.69. The highest BCUT2D eigenvalue weighted by Crippen LogP contribution is 2.64. The van der Waals surface area contributed by atoms with Crippen LogP contribution in [0.15, 0.2) is 12.5 Å². The van der Waals surface area contributed by atoms with Crippen LogP contribution in [0.5, 0.6) is 0 Å². The van der Waals surface area contributed by atoms with E-state index in [1.54, 1.807) is 12.5 Å². The first-order valence-corrected chi connectivity index (χ1v) is 11.6. The van der Waals surface area contributed by atoms with Crippen molar-refractivity contribution in [1.29, 1.82) is 0 Å². The van der Waals surface area contributed by atoms with E-state index in [1.165, 1.54) is 12.8 Å². The van der Waals surface area contributed by atoms with Crippen LogP contribution in [0.3, 0.4) is 0 Å². The normalized spacial score (nSPS) is 29.8. The average Bonchev–Trinajstić information content (AvgIpc) is 3.30. The van der Waals surface area contributed by atoms with Gasteiger partial charge >= 0.3 is 0 Å². The van der Waals surface area contributed by atoms with E-state index >= 15 is 0 Å². The van der Waals surface area contributed by atoms with Crippen molar-refractivity contribution in [3.05, 3.63) is 12.5 Å². The molecule has 7 nitrogen and oxygen atoms in total. The van der Waals surface area contributed by atoms with Crippen molar-refractivity contribution in [3.8, 4) is 0 Å². The summed E-state index contributed by atoms with van der Waals surface area (Å²) in [7, 11) is 0. The van der Waals surface area contributed by atoms with Crippen molar-refractivity contribution in [3.63, 3.8) is 0 Å². The maximum Gasteiger partial charge on any atom is 0.231 e. The minimum absolute atomic E-state index is 0.165. The van der Waals surface area contributed by atoms with Crippen LogP contribution in [0.4, 0.5) is 5.82 Å². The average molecular weight is 411 g/mol. The lowest BCUT2D eigenvalue weighted by Crippen LogP contribution is -2.39. The molecule has 162 valence electrons. The largest absolute Gasteiger partial charge is 0.309 e. The number of nitrogens with one attached hydrogen (secondary N) is 1. The van der Waals surface area contributed by atoms with Crippen molar-refractivity contribution < 1.29 is 4.79 Å². The van der Waals surface area contributed by atoms with E-state index in [-0.39, 0.29) is 11.3 Å². The molecule has 30 heavy (non-hydrogen) atoms. The molecule has 4 fully saturated rings. The molecular formula is C23H34N6O. The fourth-order valence-electron chi connectivity index (χ4n) is 6.81. The van der Waals surface area contributed by atoms with Gasteiger partial charge in [0.25, 0.3) is 0 Å². The van der Waals surface area contributed by atoms with Gasteiger partial charge in [-0.25, -0.2) is 14.6 Å². The minimum atomic E-state index is -0.168. The second kappa shape index (κ2) is 7.29. The fourth-order valence-corrected chi connectivity index (χ4v) is 6.81. The van der Waals surface area contributed by atoms with Gasteiger partial charge < -0.3 is 5.32 Å². The molecule has 0 radical (unpaired) electrons. The lowest BCUT2D eigenvalue weighted by Gasteiger charge is -2.36. The second-order valence-electron chi connectivity index (χ2n) is 10.5. The fraction of sp³-hybridized carbons (Fsp3) is 0.739. The molecule has 2 heterocycles. The van der Waals surface area contributed by atoms with Crippen LogP contribution in [0.2, 0.25) is 0 Å². The van der Waals surface area contributed by atoms with Gasteiger partial charge in [0.05, 0.1) is 23.5 Å². The van der Waals surface area contributed by atoms with Crippen molar-refractivity contribution in [2.24, 2.45) is 23.2 Å². The van der Waals surface area contributed by atoms with E-state index in [0.29, 0.717) is 17.9 Å². The molecule has 4 aliphatic carbocycles. The van der Waals surface area contributed by atoms with Crippen LogP contribution in [0.1, 0.15) is 59.8 Å². The first-order valence-electron chi connectivity index (χ1n) is 11.6. The molecule has 4 saturated carbocycles. The van der Waals surface area contributed by atoms with Gasteiger partial charge in [0.2, 0.25) is 5.91 Å². The molecular weight excluding hydrogens is 376 g/mol. The molecule has 7 heteroatoms. The Morgan fingerprint density at radius 2 is 1.87 bits per heavy atom. The van der Waals surface area contributed by atoms with Gasteiger partial charge in [-0.2, -0.15) is 5.10 Å². The zero-order chi connectivity index (χ0) is 21.0. The Bertz CT molecular complexity index is 923. The third kappa shape index (κ3) is 3.22. The molecule has 0 aromatic carbocycles. The highest BCUT2D eigenvalue weighted by atomic mass is 16.2. The summed E-state index contributed by atoms with van der Waals surface area (Å²) in [6.45, 7) is 10.6. The number of fused-ring (bicyclic) bond motifs is 1. The molecule has 1 N–H and O–H groups in total. The summed E-state index contributed by atoms with van der Waals surface area (Å²) in [5.41, 5.74) is 0.625. The van der Waals surface area contributed by atoms with E-state index in [0.717, 1.165) is 61.1 Å². The van der Waals surface area contributed by atoms with Crippen LogP contribution in [0.25, 0.3) is 11.0 Å². The molecule has 0 aliphatic heterocycles. The number of rotatable bonds is 7. The Morgan fingerprint density at radius 3 is 2.50 bits per heavy atom. The number of hydrogen-bond donors (Lipinski definition) is 1. The quantitative estimate of drug-likeness (QED) is 0.753. The molecule has 3 unspecified atom stereocenters. The molecule has 4 aliphatic rings. The van der Waals surface area contributed by atoms with E-state index in [1.807, 2.05) is 4.68 Å².